The normalized spacial score (nSPS) is 29.1. The molecule has 1 heterocycles. The van der Waals surface area contributed by atoms with Gasteiger partial charge in [-0.1, -0.05) is 12.1 Å². The van der Waals surface area contributed by atoms with Crippen LogP contribution in [0.3, 0.4) is 0 Å². The highest BCUT2D eigenvalue weighted by molar-refractivity contribution is 6.00. The Bertz CT molecular complexity index is 846. The Morgan fingerprint density at radius 2 is 1.69 bits per heavy atom. The molecule has 0 unspecified atom stereocenters. The number of allylic oxidation sites excluding steroid dienone is 2. The number of ketones is 1. The summed E-state index contributed by atoms with van der Waals surface area (Å²) in [7, 11) is 0. The van der Waals surface area contributed by atoms with E-state index >= 15 is 0 Å². The highest BCUT2D eigenvalue weighted by atomic mass is 16.7. The monoisotopic (exact) mass is 450 g/mol. The predicted molar refractivity (Wildman–Crippen MR) is 108 cm³/mol. The van der Waals surface area contributed by atoms with Gasteiger partial charge in [0, 0.05) is 6.42 Å². The van der Waals surface area contributed by atoms with Crippen molar-refractivity contribution in [2.24, 2.45) is 0 Å². The van der Waals surface area contributed by atoms with Crippen molar-refractivity contribution in [3.05, 3.63) is 54.1 Å². The largest absolute Gasteiger partial charge is 0.508 e. The van der Waals surface area contributed by atoms with Gasteiger partial charge in [0.15, 0.2) is 12.1 Å². The van der Waals surface area contributed by atoms with Crippen LogP contribution < -0.4 is 0 Å². The fourth-order valence-corrected chi connectivity index (χ4v) is 3.27. The van der Waals surface area contributed by atoms with Crippen molar-refractivity contribution < 1.29 is 49.3 Å². The number of aromatic hydroxyl groups is 1. The third kappa shape index (κ3) is 6.22. The van der Waals surface area contributed by atoms with E-state index in [1.165, 1.54) is 36.4 Å². The molecule has 0 amide bonds. The number of rotatable bonds is 8. The molecule has 0 saturated carbocycles. The minimum atomic E-state index is -1.61. The fraction of sp³-hybridized carbons (Fsp3) is 0.455. The Balaban J connectivity index is 1.50. The molecule has 2 aliphatic rings. The average Bonchev–Trinajstić information content (AvgIpc) is 2.77. The lowest BCUT2D eigenvalue weighted by molar-refractivity contribution is -0.302. The van der Waals surface area contributed by atoms with Gasteiger partial charge in [-0.05, 0) is 42.0 Å². The lowest BCUT2D eigenvalue weighted by Gasteiger charge is -2.40. The van der Waals surface area contributed by atoms with E-state index < -0.39 is 42.3 Å². The summed E-state index contributed by atoms with van der Waals surface area (Å²) < 4.78 is 16.0. The molecule has 174 valence electrons. The second kappa shape index (κ2) is 10.3. The first-order chi connectivity index (χ1) is 15.2. The van der Waals surface area contributed by atoms with Crippen molar-refractivity contribution in [2.45, 2.75) is 49.1 Å². The average molecular weight is 450 g/mol. The molecule has 10 heteroatoms. The number of hydrogen-bond acceptors (Lipinski definition) is 10. The molecule has 1 fully saturated rings. The molecule has 0 aromatic heterocycles. The number of carbonyl (C=O) groups is 2. The number of ether oxygens (including phenoxy) is 3. The second-order valence-corrected chi connectivity index (χ2v) is 7.72. The number of hydrogen-bond donors (Lipinski definition) is 5. The molecule has 1 aromatic rings. The van der Waals surface area contributed by atoms with Gasteiger partial charge in [-0.3, -0.25) is 9.59 Å². The molecule has 32 heavy (non-hydrogen) atoms. The van der Waals surface area contributed by atoms with Crippen molar-refractivity contribution in [1.29, 1.82) is 0 Å². The topological polar surface area (TPSA) is 163 Å². The minimum Gasteiger partial charge on any atom is -0.508 e. The summed E-state index contributed by atoms with van der Waals surface area (Å²) in [6, 6.07) is 5.99. The molecule has 1 aromatic carbocycles. The van der Waals surface area contributed by atoms with Gasteiger partial charge in [0.2, 0.25) is 0 Å². The second-order valence-electron chi connectivity index (χ2n) is 7.72. The lowest BCUT2D eigenvalue weighted by atomic mass is 9.94. The number of esters is 1. The molecule has 3 rings (SSSR count). The number of phenolic OH excluding ortho intramolecular Hbond substituents is 1. The Labute approximate surface area is 184 Å². The van der Waals surface area contributed by atoms with Gasteiger partial charge in [0.1, 0.15) is 42.4 Å². The number of aliphatic hydroxyl groups excluding tert-OH is 3. The van der Waals surface area contributed by atoms with Crippen LogP contribution in [0, 0.1) is 0 Å². The standard InChI is InChI=1S/C22H26O10/c23-14-3-1-13(2-4-14)11-17(25)31-12-16-18(26)19(27)20(28)21(32-16)30-10-9-22(29)7-5-15(24)6-8-22/h1-8,16,18-21,23,26-29H,9-12H2/t16-,18-,19+,20-,21-/m1/s1. The third-order valence-corrected chi connectivity index (χ3v) is 5.22. The van der Waals surface area contributed by atoms with Crippen molar-refractivity contribution in [1.82, 2.24) is 0 Å². The predicted octanol–water partition coefficient (Wildman–Crippen LogP) is -0.882. The van der Waals surface area contributed by atoms with Crippen LogP contribution >= 0.6 is 0 Å². The van der Waals surface area contributed by atoms with Crippen molar-refractivity contribution in [3.8, 4) is 5.75 Å². The molecule has 5 atom stereocenters. The molecule has 0 bridgehead atoms. The maximum atomic E-state index is 12.1. The molecular weight excluding hydrogens is 424 g/mol. The van der Waals surface area contributed by atoms with E-state index in [1.807, 2.05) is 0 Å². The van der Waals surface area contributed by atoms with Crippen LogP contribution in [0.15, 0.2) is 48.6 Å². The Hall–Kier alpha value is -2.60. The van der Waals surface area contributed by atoms with Gasteiger partial charge in [-0.15, -0.1) is 0 Å². The zero-order chi connectivity index (χ0) is 23.3. The summed E-state index contributed by atoms with van der Waals surface area (Å²) in [6.07, 6.45) is -2.10. The van der Waals surface area contributed by atoms with E-state index in [0.29, 0.717) is 5.56 Å². The van der Waals surface area contributed by atoms with Crippen LogP contribution in [0.5, 0.6) is 5.75 Å². The van der Waals surface area contributed by atoms with Crippen molar-refractivity contribution in [2.75, 3.05) is 13.2 Å². The third-order valence-electron chi connectivity index (χ3n) is 5.22. The molecular formula is C22H26O10. The zero-order valence-corrected chi connectivity index (χ0v) is 17.1. The van der Waals surface area contributed by atoms with Crippen LogP contribution in [-0.4, -0.2) is 86.8 Å². The van der Waals surface area contributed by atoms with E-state index in [-0.39, 0.29) is 37.6 Å². The van der Waals surface area contributed by atoms with Gasteiger partial charge in [0.05, 0.1) is 13.0 Å². The number of carbonyl (C=O) groups excluding carboxylic acids is 2. The molecule has 10 nitrogen and oxygen atoms in total. The van der Waals surface area contributed by atoms with Gasteiger partial charge < -0.3 is 39.7 Å². The molecule has 5 N–H and O–H groups in total. The molecule has 1 aliphatic heterocycles. The summed E-state index contributed by atoms with van der Waals surface area (Å²) in [5.41, 5.74) is -0.783. The SMILES string of the molecule is O=C1C=CC(O)(CCO[C@@H]2O[C@H](COC(=O)Cc3ccc(O)cc3)[C@@H](O)[C@H](O)[C@H]2O)C=C1. The fourth-order valence-electron chi connectivity index (χ4n) is 3.27. The van der Waals surface area contributed by atoms with E-state index in [2.05, 4.69) is 0 Å². The van der Waals surface area contributed by atoms with Gasteiger partial charge in [0.25, 0.3) is 0 Å². The van der Waals surface area contributed by atoms with E-state index in [1.54, 1.807) is 12.1 Å². The Kier molecular flexibility index (Phi) is 7.77. The van der Waals surface area contributed by atoms with Crippen molar-refractivity contribution in [3.63, 3.8) is 0 Å². The first-order valence-electron chi connectivity index (χ1n) is 10.1. The van der Waals surface area contributed by atoms with E-state index in [4.69, 9.17) is 14.2 Å². The summed E-state index contributed by atoms with van der Waals surface area (Å²) >= 11 is 0. The minimum absolute atomic E-state index is 0.0464. The maximum absolute atomic E-state index is 12.1. The van der Waals surface area contributed by atoms with Crippen LogP contribution in [0.2, 0.25) is 0 Å². The Morgan fingerprint density at radius 1 is 1.03 bits per heavy atom. The zero-order valence-electron chi connectivity index (χ0n) is 17.1. The maximum Gasteiger partial charge on any atom is 0.310 e. The first kappa shape index (κ1) is 24.1. The molecule has 1 saturated heterocycles. The number of aliphatic hydroxyl groups is 4. The summed E-state index contributed by atoms with van der Waals surface area (Å²) in [6.45, 7) is -0.490. The van der Waals surface area contributed by atoms with E-state index in [9.17, 15) is 35.1 Å². The van der Waals surface area contributed by atoms with E-state index in [0.717, 1.165) is 0 Å². The van der Waals surface area contributed by atoms with Crippen LogP contribution in [0.4, 0.5) is 0 Å². The van der Waals surface area contributed by atoms with Gasteiger partial charge in [-0.2, -0.15) is 0 Å². The van der Waals surface area contributed by atoms with Crippen LogP contribution in [0.1, 0.15) is 12.0 Å². The highest BCUT2D eigenvalue weighted by Crippen LogP contribution is 2.24. The summed E-state index contributed by atoms with van der Waals surface area (Å²) in [5.74, 6) is -0.797. The quantitative estimate of drug-likeness (QED) is 0.314. The molecule has 0 spiro atoms. The van der Waals surface area contributed by atoms with Crippen molar-refractivity contribution >= 4 is 11.8 Å². The number of benzene rings is 1. The van der Waals surface area contributed by atoms with Crippen LogP contribution in [-0.2, 0) is 30.2 Å². The first-order valence-corrected chi connectivity index (χ1v) is 10.1. The van der Waals surface area contributed by atoms with Gasteiger partial charge in [-0.25, -0.2) is 0 Å². The molecule has 0 radical (unpaired) electrons. The summed E-state index contributed by atoms with van der Waals surface area (Å²) in [4.78, 5) is 23.2. The highest BCUT2D eigenvalue weighted by Gasteiger charge is 2.45. The Morgan fingerprint density at radius 3 is 2.34 bits per heavy atom. The smallest absolute Gasteiger partial charge is 0.310 e. The molecule has 1 aliphatic carbocycles. The number of phenols is 1. The summed E-state index contributed by atoms with van der Waals surface area (Å²) in [5, 5.41) is 50.0. The van der Waals surface area contributed by atoms with Gasteiger partial charge >= 0.3 is 5.97 Å². The lowest BCUT2D eigenvalue weighted by Crippen LogP contribution is -2.59. The van der Waals surface area contributed by atoms with Crippen LogP contribution in [0.25, 0.3) is 0 Å².